The van der Waals surface area contributed by atoms with Gasteiger partial charge in [-0.15, -0.1) is 11.6 Å². The standard InChI is InChI=1S/C24H39ClO2/c1-15(21(25)14-22(26)27)18-9-10-19-17-8-7-16-6-4-5-12-23(16,2)20(17)11-13-24(18,19)3/h15-21H,4-14H2,1-3H3,(H,26,27)/t15-,16?,17-,18+,19-,20-,21?,23-,24+/m0/s1. The second-order valence-electron chi connectivity index (χ2n) is 11.1. The number of carboxylic acids is 1. The lowest BCUT2D eigenvalue weighted by molar-refractivity contribution is -0.137. The van der Waals surface area contributed by atoms with Crippen molar-refractivity contribution in [3.8, 4) is 0 Å². The Hall–Kier alpha value is -0.240. The highest BCUT2D eigenvalue weighted by atomic mass is 35.5. The van der Waals surface area contributed by atoms with E-state index in [4.69, 9.17) is 11.6 Å². The highest BCUT2D eigenvalue weighted by molar-refractivity contribution is 6.21. The molecule has 0 aliphatic heterocycles. The molecule has 4 aliphatic rings. The minimum Gasteiger partial charge on any atom is -0.481 e. The second kappa shape index (κ2) is 7.22. The lowest BCUT2D eigenvalue weighted by atomic mass is 9.44. The summed E-state index contributed by atoms with van der Waals surface area (Å²) in [4.78, 5) is 11.2. The number of fused-ring (bicyclic) bond motifs is 5. The van der Waals surface area contributed by atoms with Crippen molar-refractivity contribution in [2.75, 3.05) is 0 Å². The molecule has 2 nitrogen and oxygen atoms in total. The maximum atomic E-state index is 11.2. The second-order valence-corrected chi connectivity index (χ2v) is 11.7. The number of halogens is 1. The summed E-state index contributed by atoms with van der Waals surface area (Å²) < 4.78 is 0. The van der Waals surface area contributed by atoms with Crippen LogP contribution in [-0.4, -0.2) is 16.5 Å². The maximum absolute atomic E-state index is 11.2. The molecule has 0 bridgehead atoms. The van der Waals surface area contributed by atoms with Gasteiger partial charge in [-0.3, -0.25) is 4.79 Å². The van der Waals surface area contributed by atoms with Gasteiger partial charge in [0, 0.05) is 5.38 Å². The summed E-state index contributed by atoms with van der Waals surface area (Å²) in [7, 11) is 0. The fourth-order valence-corrected chi connectivity index (χ4v) is 9.11. The quantitative estimate of drug-likeness (QED) is 0.535. The van der Waals surface area contributed by atoms with Gasteiger partial charge in [0.1, 0.15) is 0 Å². The first-order valence-corrected chi connectivity index (χ1v) is 12.1. The van der Waals surface area contributed by atoms with Crippen LogP contribution < -0.4 is 0 Å². The van der Waals surface area contributed by atoms with E-state index in [1.807, 2.05) is 0 Å². The van der Waals surface area contributed by atoms with Crippen molar-refractivity contribution in [3.63, 3.8) is 0 Å². The summed E-state index contributed by atoms with van der Waals surface area (Å²) in [5.41, 5.74) is 0.981. The molecule has 0 aromatic heterocycles. The molecule has 27 heavy (non-hydrogen) atoms. The summed E-state index contributed by atoms with van der Waals surface area (Å²) in [6.45, 7) is 7.42. The van der Waals surface area contributed by atoms with Gasteiger partial charge in [0.05, 0.1) is 6.42 Å². The summed E-state index contributed by atoms with van der Waals surface area (Å²) in [5, 5.41) is 8.95. The number of carbonyl (C=O) groups is 1. The van der Waals surface area contributed by atoms with E-state index in [0.717, 1.165) is 23.7 Å². The summed E-state index contributed by atoms with van der Waals surface area (Å²) >= 11 is 6.57. The average molecular weight is 395 g/mol. The predicted molar refractivity (Wildman–Crippen MR) is 111 cm³/mol. The van der Waals surface area contributed by atoms with Gasteiger partial charge in [-0.25, -0.2) is 0 Å². The van der Waals surface area contributed by atoms with Crippen LogP contribution in [0, 0.1) is 46.3 Å². The molecule has 0 aromatic rings. The Morgan fingerprint density at radius 1 is 1.00 bits per heavy atom. The van der Waals surface area contributed by atoms with E-state index in [-0.39, 0.29) is 11.8 Å². The third kappa shape index (κ3) is 3.17. The fourth-order valence-electron chi connectivity index (χ4n) is 8.80. The normalized spacial score (nSPS) is 48.8. The van der Waals surface area contributed by atoms with Gasteiger partial charge < -0.3 is 5.11 Å². The van der Waals surface area contributed by atoms with Crippen LogP contribution in [0.15, 0.2) is 0 Å². The largest absolute Gasteiger partial charge is 0.481 e. The molecule has 3 heteroatoms. The molecule has 0 radical (unpaired) electrons. The lowest BCUT2D eigenvalue weighted by Gasteiger charge is -2.61. The highest BCUT2D eigenvalue weighted by Crippen LogP contribution is 2.68. The number of alkyl halides is 1. The summed E-state index contributed by atoms with van der Waals surface area (Å²) in [6.07, 6.45) is 14.2. The molecule has 4 fully saturated rings. The van der Waals surface area contributed by atoms with Gasteiger partial charge in [0.15, 0.2) is 0 Å². The van der Waals surface area contributed by atoms with Crippen molar-refractivity contribution in [3.05, 3.63) is 0 Å². The smallest absolute Gasteiger partial charge is 0.304 e. The minimum atomic E-state index is -0.756. The Labute approximate surface area is 170 Å². The number of hydrogen-bond acceptors (Lipinski definition) is 1. The van der Waals surface area contributed by atoms with Crippen LogP contribution in [0.2, 0.25) is 0 Å². The summed E-state index contributed by atoms with van der Waals surface area (Å²) in [5.74, 6) is 3.82. The first-order valence-electron chi connectivity index (χ1n) is 11.6. The molecule has 0 spiro atoms. The summed E-state index contributed by atoms with van der Waals surface area (Å²) in [6, 6.07) is 0. The Morgan fingerprint density at radius 3 is 2.48 bits per heavy atom. The lowest BCUT2D eigenvalue weighted by Crippen LogP contribution is -2.53. The molecule has 154 valence electrons. The first kappa shape index (κ1) is 20.0. The third-order valence-electron chi connectivity index (χ3n) is 10.2. The van der Waals surface area contributed by atoms with Crippen LogP contribution in [0.5, 0.6) is 0 Å². The van der Waals surface area contributed by atoms with E-state index in [1.165, 1.54) is 64.2 Å². The van der Waals surface area contributed by atoms with Crippen molar-refractivity contribution in [2.24, 2.45) is 46.3 Å². The van der Waals surface area contributed by atoms with Gasteiger partial charge in [-0.05, 0) is 97.7 Å². The van der Waals surface area contributed by atoms with E-state index < -0.39 is 5.97 Å². The Balaban J connectivity index is 1.54. The number of rotatable bonds is 4. The van der Waals surface area contributed by atoms with Crippen LogP contribution in [-0.2, 0) is 4.79 Å². The molecule has 0 amide bonds. The fraction of sp³-hybridized carbons (Fsp3) is 0.958. The van der Waals surface area contributed by atoms with Crippen molar-refractivity contribution in [1.82, 2.24) is 0 Å². The van der Waals surface area contributed by atoms with Gasteiger partial charge in [0.25, 0.3) is 0 Å². The molecule has 0 saturated heterocycles. The number of aliphatic carboxylic acids is 1. The SMILES string of the molecule is C[C@H](C(Cl)CC(=O)O)[C@H]1CC[C@H]2[C@@H]3CCC4CCCC[C@]4(C)[C@H]3CC[C@]12C. The number of carboxylic acid groups (broad SMARTS) is 1. The molecule has 4 aliphatic carbocycles. The predicted octanol–water partition coefficient (Wildman–Crippen LogP) is 6.75. The maximum Gasteiger partial charge on any atom is 0.304 e. The monoisotopic (exact) mass is 394 g/mol. The van der Waals surface area contributed by atoms with Crippen LogP contribution in [0.3, 0.4) is 0 Å². The molecular weight excluding hydrogens is 356 g/mol. The van der Waals surface area contributed by atoms with Gasteiger partial charge >= 0.3 is 5.97 Å². The zero-order valence-electron chi connectivity index (χ0n) is 17.6. The van der Waals surface area contributed by atoms with Crippen molar-refractivity contribution < 1.29 is 9.90 Å². The van der Waals surface area contributed by atoms with Crippen LogP contribution >= 0.6 is 11.6 Å². The van der Waals surface area contributed by atoms with E-state index in [9.17, 15) is 9.90 Å². The Morgan fingerprint density at radius 2 is 1.74 bits per heavy atom. The van der Waals surface area contributed by atoms with Crippen LogP contribution in [0.4, 0.5) is 0 Å². The Bertz CT molecular complexity index is 577. The van der Waals surface area contributed by atoms with Crippen molar-refractivity contribution in [2.45, 2.75) is 96.8 Å². The molecule has 1 N–H and O–H groups in total. The third-order valence-corrected chi connectivity index (χ3v) is 10.8. The molecule has 9 atom stereocenters. The van der Waals surface area contributed by atoms with Crippen LogP contribution in [0.1, 0.15) is 91.4 Å². The van der Waals surface area contributed by atoms with Gasteiger partial charge in [-0.1, -0.05) is 33.6 Å². The minimum absolute atomic E-state index is 0.103. The molecular formula is C24H39ClO2. The van der Waals surface area contributed by atoms with E-state index in [1.54, 1.807) is 0 Å². The zero-order valence-corrected chi connectivity index (χ0v) is 18.3. The average Bonchev–Trinajstić information content (AvgIpc) is 2.97. The molecule has 4 rings (SSSR count). The Kier molecular flexibility index (Phi) is 5.36. The van der Waals surface area contributed by atoms with Crippen molar-refractivity contribution in [1.29, 1.82) is 0 Å². The van der Waals surface area contributed by atoms with E-state index in [2.05, 4.69) is 20.8 Å². The molecule has 4 saturated carbocycles. The molecule has 2 unspecified atom stereocenters. The van der Waals surface area contributed by atoms with E-state index >= 15 is 0 Å². The van der Waals surface area contributed by atoms with Gasteiger partial charge in [-0.2, -0.15) is 0 Å². The first-order chi connectivity index (χ1) is 12.8. The topological polar surface area (TPSA) is 37.3 Å². The van der Waals surface area contributed by atoms with Crippen molar-refractivity contribution >= 4 is 17.6 Å². The molecule has 0 aromatic carbocycles. The highest BCUT2D eigenvalue weighted by Gasteiger charge is 2.60. The molecule has 0 heterocycles. The van der Waals surface area contributed by atoms with E-state index in [0.29, 0.717) is 22.7 Å². The number of hydrogen-bond donors (Lipinski definition) is 1. The zero-order chi connectivity index (χ0) is 19.4. The van der Waals surface area contributed by atoms with Crippen LogP contribution in [0.25, 0.3) is 0 Å². The van der Waals surface area contributed by atoms with Gasteiger partial charge in [0.2, 0.25) is 0 Å².